The maximum absolute atomic E-state index is 12.5. The minimum absolute atomic E-state index is 0.0486. The second kappa shape index (κ2) is 9.81. The average molecular weight is 585 g/mol. The molecule has 7 atom stereocenters. The fourth-order valence-corrected chi connectivity index (χ4v) is 7.75. The Morgan fingerprint density at radius 3 is 1.98 bits per heavy atom. The van der Waals surface area contributed by atoms with Gasteiger partial charge in [0.1, 0.15) is 11.2 Å². The Labute approximate surface area is 249 Å². The number of carbonyl (C=O) groups is 2. The van der Waals surface area contributed by atoms with Crippen molar-refractivity contribution in [1.29, 1.82) is 0 Å². The highest BCUT2D eigenvalue weighted by atomic mass is 16.6. The maximum atomic E-state index is 12.5. The van der Waals surface area contributed by atoms with Crippen molar-refractivity contribution in [2.45, 2.75) is 102 Å². The molecule has 6 fully saturated rings. The van der Waals surface area contributed by atoms with E-state index in [0.717, 1.165) is 39.0 Å². The van der Waals surface area contributed by atoms with Gasteiger partial charge >= 0.3 is 12.2 Å². The maximum Gasteiger partial charge on any atom is 0.408 e. The molecule has 42 heavy (non-hydrogen) atoms. The molecule has 2 amide bonds. The van der Waals surface area contributed by atoms with Gasteiger partial charge in [-0.2, -0.15) is 0 Å². The van der Waals surface area contributed by atoms with Gasteiger partial charge in [-0.15, -0.1) is 0 Å². The molecule has 10 heteroatoms. The molecule has 6 aliphatic rings. The van der Waals surface area contributed by atoms with E-state index < -0.39 is 11.2 Å². The van der Waals surface area contributed by atoms with Crippen LogP contribution < -0.4 is 16.0 Å². The molecule has 2 saturated carbocycles. The molecule has 232 valence electrons. The molecule has 3 N–H and O–H groups in total. The second-order valence-corrected chi connectivity index (χ2v) is 15.3. The lowest BCUT2D eigenvalue weighted by molar-refractivity contribution is 0.0374. The van der Waals surface area contributed by atoms with Crippen LogP contribution in [0.25, 0.3) is 0 Å². The smallest absolute Gasteiger partial charge is 0.408 e. The number of carbonyl (C=O) groups excluding carboxylic acids is 2. The number of benzene rings is 1. The normalized spacial score (nSPS) is 38.2. The van der Waals surface area contributed by atoms with Crippen molar-refractivity contribution in [3.63, 3.8) is 0 Å². The summed E-state index contributed by atoms with van der Waals surface area (Å²) in [5.74, 6) is 0. The number of likely N-dealkylation sites (tertiary alicyclic amines) is 1. The summed E-state index contributed by atoms with van der Waals surface area (Å²) < 4.78 is 22.5. The van der Waals surface area contributed by atoms with Crippen molar-refractivity contribution >= 4 is 12.2 Å². The van der Waals surface area contributed by atoms with Gasteiger partial charge in [0.05, 0.1) is 36.5 Å². The highest BCUT2D eigenvalue weighted by molar-refractivity contribution is 5.70. The number of hydrogen-bond donors (Lipinski definition) is 3. The van der Waals surface area contributed by atoms with Crippen molar-refractivity contribution in [3.05, 3.63) is 35.9 Å². The molecule has 4 saturated heterocycles. The molecule has 2 spiro atoms. The van der Waals surface area contributed by atoms with Gasteiger partial charge in [0.25, 0.3) is 0 Å². The molecule has 7 rings (SSSR count). The van der Waals surface area contributed by atoms with E-state index in [0.29, 0.717) is 25.4 Å². The number of nitrogens with one attached hydrogen (secondary N) is 3. The number of rotatable bonds is 4. The summed E-state index contributed by atoms with van der Waals surface area (Å²) in [5, 5.41) is 9.61. The summed E-state index contributed by atoms with van der Waals surface area (Å²) in [7, 11) is 0. The van der Waals surface area contributed by atoms with Gasteiger partial charge in [-0.05, 0) is 66.9 Å². The lowest BCUT2D eigenvalue weighted by atomic mass is 9.86. The summed E-state index contributed by atoms with van der Waals surface area (Å²) in [6.45, 7) is 18.2. The molecule has 4 aliphatic heterocycles. The molecule has 4 unspecified atom stereocenters. The quantitative estimate of drug-likeness (QED) is 0.491. The Hall–Kier alpha value is -2.40. The fraction of sp³-hybridized carbons (Fsp3) is 0.750. The zero-order valence-electron chi connectivity index (χ0n) is 26.2. The Kier molecular flexibility index (Phi) is 6.93. The minimum atomic E-state index is -0.494. The van der Waals surface area contributed by atoms with Crippen molar-refractivity contribution < 1.29 is 28.5 Å². The largest absolute Gasteiger partial charge is 0.444 e. The molecule has 0 radical (unpaired) electrons. The monoisotopic (exact) mass is 584 g/mol. The number of amides is 2. The van der Waals surface area contributed by atoms with Crippen molar-refractivity contribution in [3.8, 4) is 0 Å². The lowest BCUT2D eigenvalue weighted by Gasteiger charge is -2.33. The third-order valence-electron chi connectivity index (χ3n) is 10.1. The van der Waals surface area contributed by atoms with E-state index in [1.807, 2.05) is 47.6 Å². The van der Waals surface area contributed by atoms with Crippen LogP contribution in [0.2, 0.25) is 0 Å². The molecule has 2 aliphatic carbocycles. The number of alkyl carbamates (subject to hydrolysis) is 2. The van der Waals surface area contributed by atoms with E-state index in [2.05, 4.69) is 52.0 Å². The van der Waals surface area contributed by atoms with Gasteiger partial charge in [-0.1, -0.05) is 30.3 Å². The zero-order valence-corrected chi connectivity index (χ0v) is 26.2. The summed E-state index contributed by atoms with van der Waals surface area (Å²) in [6.07, 6.45) is 2.01. The SMILES string of the molecule is CC(C)(C)OC(=O)N[C@]12CNCC13CC3OC2.C[C@H](c1ccccc1)N1CC23CC2OC[C@@]3(NC(=O)OC(C)(C)C)C1. The summed E-state index contributed by atoms with van der Waals surface area (Å²) >= 11 is 0. The Bertz CT molecular complexity index is 1210. The Morgan fingerprint density at radius 1 is 0.857 bits per heavy atom. The molecular weight excluding hydrogens is 536 g/mol. The van der Waals surface area contributed by atoms with E-state index in [1.54, 1.807) is 0 Å². The van der Waals surface area contributed by atoms with Crippen LogP contribution in [0.4, 0.5) is 9.59 Å². The van der Waals surface area contributed by atoms with Gasteiger partial charge < -0.3 is 34.9 Å². The molecule has 1 aromatic rings. The van der Waals surface area contributed by atoms with Gasteiger partial charge in [-0.25, -0.2) is 9.59 Å². The highest BCUT2D eigenvalue weighted by Crippen LogP contribution is 2.65. The van der Waals surface area contributed by atoms with Gasteiger partial charge in [-0.3, -0.25) is 4.90 Å². The second-order valence-electron chi connectivity index (χ2n) is 15.3. The first-order valence-electron chi connectivity index (χ1n) is 15.4. The standard InChI is InChI=1S/C20H28N2O3.C12H20N2O3/c1-14(15-8-6-5-7-9-15)22-11-19-10-16(19)24-13-20(19,12-22)21-17(23)25-18(2,3)4;1-10(2,3)17-9(15)14-12-6-13-5-11(12)4-8(11)16-7-12/h5-9,14,16H,10-13H2,1-4H3,(H,21,23);8,13H,4-7H2,1-3H3,(H,14,15)/t14-,16?,19?,20+;8?,11?,12-/m10/s1. The topological polar surface area (TPSA) is 110 Å². The predicted molar refractivity (Wildman–Crippen MR) is 157 cm³/mol. The van der Waals surface area contributed by atoms with Crippen LogP contribution in [-0.2, 0) is 18.9 Å². The Morgan fingerprint density at radius 2 is 1.40 bits per heavy atom. The molecule has 4 heterocycles. The molecule has 10 nitrogen and oxygen atoms in total. The molecule has 0 bridgehead atoms. The van der Waals surface area contributed by atoms with Crippen LogP contribution in [0, 0.1) is 10.8 Å². The van der Waals surface area contributed by atoms with E-state index in [9.17, 15) is 9.59 Å². The van der Waals surface area contributed by atoms with Gasteiger partial charge in [0.15, 0.2) is 0 Å². The number of ether oxygens (including phenoxy) is 4. The van der Waals surface area contributed by atoms with Crippen LogP contribution in [0.3, 0.4) is 0 Å². The third kappa shape index (κ3) is 5.08. The van der Waals surface area contributed by atoms with Crippen LogP contribution in [-0.4, -0.2) is 91.0 Å². The first-order valence-corrected chi connectivity index (χ1v) is 15.4. The van der Waals surface area contributed by atoms with Crippen LogP contribution >= 0.6 is 0 Å². The van der Waals surface area contributed by atoms with Crippen LogP contribution in [0.1, 0.15) is 72.9 Å². The summed E-state index contributed by atoms with van der Waals surface area (Å²) in [5.41, 5.74) is -0.0434. The first kappa shape index (κ1) is 29.7. The minimum Gasteiger partial charge on any atom is -0.444 e. The molecule has 0 aromatic heterocycles. The third-order valence-corrected chi connectivity index (χ3v) is 10.1. The highest BCUT2D eigenvalue weighted by Gasteiger charge is 2.77. The van der Waals surface area contributed by atoms with Gasteiger partial charge in [0.2, 0.25) is 0 Å². The zero-order chi connectivity index (χ0) is 30.2. The Balaban J connectivity index is 0.000000162. The van der Waals surface area contributed by atoms with E-state index in [-0.39, 0.29) is 40.2 Å². The first-order chi connectivity index (χ1) is 19.6. The number of nitrogens with zero attached hydrogens (tertiary/aromatic N) is 1. The van der Waals surface area contributed by atoms with E-state index in [1.165, 1.54) is 5.56 Å². The van der Waals surface area contributed by atoms with Crippen LogP contribution in [0.5, 0.6) is 0 Å². The van der Waals surface area contributed by atoms with Crippen molar-refractivity contribution in [1.82, 2.24) is 20.9 Å². The van der Waals surface area contributed by atoms with Crippen LogP contribution in [0.15, 0.2) is 30.3 Å². The molecule has 1 aromatic carbocycles. The summed E-state index contributed by atoms with van der Waals surface area (Å²) in [4.78, 5) is 26.8. The molecular formula is C32H48N4O6. The fourth-order valence-electron chi connectivity index (χ4n) is 7.75. The van der Waals surface area contributed by atoms with Crippen molar-refractivity contribution in [2.24, 2.45) is 10.8 Å². The van der Waals surface area contributed by atoms with E-state index >= 15 is 0 Å². The van der Waals surface area contributed by atoms with Gasteiger partial charge in [0, 0.05) is 43.1 Å². The van der Waals surface area contributed by atoms with E-state index in [4.69, 9.17) is 18.9 Å². The predicted octanol–water partition coefficient (Wildman–Crippen LogP) is 3.76. The number of hydrogen-bond acceptors (Lipinski definition) is 8. The lowest BCUT2D eigenvalue weighted by Crippen LogP contribution is -2.57. The average Bonchev–Trinajstić information content (AvgIpc) is 3.58. The summed E-state index contributed by atoms with van der Waals surface area (Å²) in [6, 6.07) is 10.9. The van der Waals surface area contributed by atoms with Crippen molar-refractivity contribution in [2.75, 3.05) is 39.4 Å².